The lowest BCUT2D eigenvalue weighted by Gasteiger charge is -2.46. The van der Waals surface area contributed by atoms with E-state index in [9.17, 15) is 9.35 Å². The summed E-state index contributed by atoms with van der Waals surface area (Å²) in [5.41, 5.74) is 3.01. The van der Waals surface area contributed by atoms with Crippen molar-refractivity contribution in [1.82, 2.24) is 14.6 Å². The first kappa shape index (κ1) is 19.0. The van der Waals surface area contributed by atoms with Crippen molar-refractivity contribution in [2.75, 3.05) is 13.1 Å². The van der Waals surface area contributed by atoms with Crippen molar-refractivity contribution in [3.8, 4) is 0 Å². The molecule has 1 aliphatic carbocycles. The van der Waals surface area contributed by atoms with E-state index in [2.05, 4.69) is 9.71 Å². The molecular formula is C20H29N3O3S. The zero-order valence-corrected chi connectivity index (χ0v) is 17.6. The van der Waals surface area contributed by atoms with Gasteiger partial charge in [0, 0.05) is 52.9 Å². The molecule has 0 bridgehead atoms. The SMILES string of the molecule is CC(C)(C)OC(=O)N1CCC2(CC1)Cc1nccc3c1[C@@H]2N[S@+]([O-])C3(C)C. The second-order valence-electron chi connectivity index (χ2n) is 9.56. The van der Waals surface area contributed by atoms with Crippen LogP contribution in [0.5, 0.6) is 0 Å². The van der Waals surface area contributed by atoms with Gasteiger partial charge in [0.1, 0.15) is 5.60 Å². The number of nitrogens with zero attached hydrogens (tertiary/aromatic N) is 2. The smallest absolute Gasteiger partial charge is 0.410 e. The maximum absolute atomic E-state index is 12.9. The molecule has 7 heteroatoms. The second-order valence-corrected chi connectivity index (χ2v) is 11.3. The summed E-state index contributed by atoms with van der Waals surface area (Å²) in [5, 5.41) is 0. The topological polar surface area (TPSA) is 77.5 Å². The average molecular weight is 392 g/mol. The van der Waals surface area contributed by atoms with Crippen LogP contribution in [-0.4, -0.2) is 39.2 Å². The highest BCUT2D eigenvalue weighted by molar-refractivity contribution is 7.90. The number of pyridine rings is 1. The van der Waals surface area contributed by atoms with E-state index in [1.807, 2.05) is 46.9 Å². The van der Waals surface area contributed by atoms with Gasteiger partial charge >= 0.3 is 6.09 Å². The predicted octanol–water partition coefficient (Wildman–Crippen LogP) is 3.20. The number of hydrogen-bond donors (Lipinski definition) is 1. The zero-order chi connectivity index (χ0) is 19.6. The van der Waals surface area contributed by atoms with Crippen LogP contribution in [0, 0.1) is 5.41 Å². The first-order valence-electron chi connectivity index (χ1n) is 9.68. The van der Waals surface area contributed by atoms with Crippen LogP contribution in [-0.2, 0) is 27.3 Å². The van der Waals surface area contributed by atoms with Crippen LogP contribution in [0.15, 0.2) is 12.3 Å². The summed E-state index contributed by atoms with van der Waals surface area (Å²) in [7, 11) is 0. The Morgan fingerprint density at radius 1 is 1.37 bits per heavy atom. The Bertz CT molecular complexity index is 766. The molecule has 2 aliphatic heterocycles. The Hall–Kier alpha value is -1.31. The molecule has 0 aromatic carbocycles. The van der Waals surface area contributed by atoms with Gasteiger partial charge in [-0.15, -0.1) is 4.72 Å². The third-order valence-corrected chi connectivity index (χ3v) is 7.84. The molecule has 1 aromatic rings. The number of fused-ring (bicyclic) bond motifs is 1. The number of nitrogens with one attached hydrogen (secondary N) is 1. The molecule has 3 aliphatic rings. The normalized spacial score (nSPS) is 28.1. The Morgan fingerprint density at radius 2 is 2.04 bits per heavy atom. The quantitative estimate of drug-likeness (QED) is 0.687. The molecule has 1 fully saturated rings. The highest BCUT2D eigenvalue weighted by atomic mass is 32.2. The minimum absolute atomic E-state index is 0.0316. The molecular weight excluding hydrogens is 362 g/mol. The van der Waals surface area contributed by atoms with E-state index in [-0.39, 0.29) is 17.6 Å². The molecule has 0 saturated carbocycles. The fourth-order valence-electron chi connectivity index (χ4n) is 4.71. The summed E-state index contributed by atoms with van der Waals surface area (Å²) < 4.78 is 21.4. The summed E-state index contributed by atoms with van der Waals surface area (Å²) in [6.07, 6.45) is 4.20. The van der Waals surface area contributed by atoms with Crippen molar-refractivity contribution in [3.63, 3.8) is 0 Å². The number of likely N-dealkylation sites (tertiary alicyclic amines) is 1. The summed E-state index contributed by atoms with van der Waals surface area (Å²) in [6, 6.07) is 2.07. The van der Waals surface area contributed by atoms with E-state index in [1.165, 1.54) is 5.56 Å². The molecule has 3 heterocycles. The second kappa shape index (κ2) is 6.09. The number of piperidine rings is 1. The fourth-order valence-corrected chi connectivity index (χ4v) is 5.97. The van der Waals surface area contributed by atoms with Gasteiger partial charge in [0.25, 0.3) is 0 Å². The van der Waals surface area contributed by atoms with Crippen molar-refractivity contribution in [2.24, 2.45) is 5.41 Å². The Balaban J connectivity index is 1.57. The molecule has 0 unspecified atom stereocenters. The lowest BCUT2D eigenvalue weighted by atomic mass is 9.72. The average Bonchev–Trinajstić information content (AvgIpc) is 2.86. The van der Waals surface area contributed by atoms with Gasteiger partial charge in [0.15, 0.2) is 4.75 Å². The number of carbonyl (C=O) groups excluding carboxylic acids is 1. The molecule has 27 heavy (non-hydrogen) atoms. The van der Waals surface area contributed by atoms with E-state index in [0.717, 1.165) is 30.5 Å². The number of aromatic nitrogens is 1. The van der Waals surface area contributed by atoms with E-state index >= 15 is 0 Å². The largest absolute Gasteiger partial charge is 0.597 e. The molecule has 148 valence electrons. The monoisotopic (exact) mass is 391 g/mol. The lowest BCUT2D eigenvalue weighted by Crippen LogP contribution is -2.53. The van der Waals surface area contributed by atoms with Crippen LogP contribution in [0.4, 0.5) is 4.79 Å². The van der Waals surface area contributed by atoms with Gasteiger partial charge in [0.2, 0.25) is 0 Å². The minimum Gasteiger partial charge on any atom is -0.597 e. The van der Waals surface area contributed by atoms with Gasteiger partial charge in [-0.05, 0) is 59.9 Å². The molecule has 0 radical (unpaired) electrons. The van der Waals surface area contributed by atoms with E-state index in [0.29, 0.717) is 13.1 Å². The highest BCUT2D eigenvalue weighted by Crippen LogP contribution is 2.56. The van der Waals surface area contributed by atoms with Crippen LogP contribution in [0.1, 0.15) is 70.3 Å². The van der Waals surface area contributed by atoms with Crippen molar-refractivity contribution in [3.05, 3.63) is 29.1 Å². The Labute approximate surface area is 164 Å². The highest BCUT2D eigenvalue weighted by Gasteiger charge is 2.57. The maximum Gasteiger partial charge on any atom is 0.410 e. The summed E-state index contributed by atoms with van der Waals surface area (Å²) >= 11 is -1.15. The number of rotatable bonds is 0. The maximum atomic E-state index is 12.9. The molecule has 4 rings (SSSR count). The molecule has 1 aromatic heterocycles. The van der Waals surface area contributed by atoms with E-state index in [4.69, 9.17) is 4.74 Å². The van der Waals surface area contributed by atoms with Gasteiger partial charge in [-0.1, -0.05) is 0 Å². The number of ether oxygens (including phenoxy) is 1. The van der Waals surface area contributed by atoms with Crippen molar-refractivity contribution < 1.29 is 14.1 Å². The van der Waals surface area contributed by atoms with Gasteiger partial charge in [-0.25, -0.2) is 4.79 Å². The first-order valence-corrected chi connectivity index (χ1v) is 10.8. The third kappa shape index (κ3) is 3.04. The van der Waals surface area contributed by atoms with Gasteiger partial charge in [-0.2, -0.15) is 0 Å². The van der Waals surface area contributed by atoms with Crippen molar-refractivity contribution >= 4 is 17.5 Å². The lowest BCUT2D eigenvalue weighted by molar-refractivity contribution is 0.00695. The van der Waals surface area contributed by atoms with Gasteiger partial charge < -0.3 is 14.2 Å². The zero-order valence-electron chi connectivity index (χ0n) is 16.8. The summed E-state index contributed by atoms with van der Waals surface area (Å²) in [4.78, 5) is 18.9. The molecule has 1 saturated heterocycles. The van der Waals surface area contributed by atoms with E-state index < -0.39 is 21.7 Å². The van der Waals surface area contributed by atoms with E-state index in [1.54, 1.807) is 4.90 Å². The van der Waals surface area contributed by atoms with Crippen LogP contribution in [0.3, 0.4) is 0 Å². The number of carbonyl (C=O) groups is 1. The molecule has 1 spiro atoms. The molecule has 1 amide bonds. The van der Waals surface area contributed by atoms with Crippen molar-refractivity contribution in [1.29, 1.82) is 0 Å². The predicted molar refractivity (Wildman–Crippen MR) is 104 cm³/mol. The summed E-state index contributed by atoms with van der Waals surface area (Å²) in [6.45, 7) is 11.0. The minimum atomic E-state index is -1.15. The number of hydrogen-bond acceptors (Lipinski definition) is 5. The fraction of sp³-hybridized carbons (Fsp3) is 0.700. The van der Waals surface area contributed by atoms with Gasteiger partial charge in [0.05, 0.1) is 6.04 Å². The van der Waals surface area contributed by atoms with Crippen LogP contribution in [0.25, 0.3) is 0 Å². The Morgan fingerprint density at radius 3 is 2.67 bits per heavy atom. The van der Waals surface area contributed by atoms with Crippen LogP contribution >= 0.6 is 0 Å². The van der Waals surface area contributed by atoms with Crippen molar-refractivity contribution in [2.45, 2.75) is 70.3 Å². The van der Waals surface area contributed by atoms with Gasteiger partial charge in [-0.3, -0.25) is 4.98 Å². The molecule has 2 atom stereocenters. The van der Waals surface area contributed by atoms with Crippen LogP contribution in [0.2, 0.25) is 0 Å². The molecule has 1 N–H and O–H groups in total. The third-order valence-electron chi connectivity index (χ3n) is 6.24. The number of amides is 1. The molecule has 6 nitrogen and oxygen atoms in total. The summed E-state index contributed by atoms with van der Waals surface area (Å²) in [5.74, 6) is 0. The Kier molecular flexibility index (Phi) is 4.29. The standard InChI is InChI=1S/C20H29N3O3S/c1-18(2,3)26-17(24)23-10-7-20(8-11-23)12-14-15-13(6-9-21-14)19(4,5)27(25)22-16(15)20/h6,9,16,22H,7-8,10-12H2,1-5H3/t16-,27+/m0/s1. The first-order chi connectivity index (χ1) is 12.5. The van der Waals surface area contributed by atoms with Crippen LogP contribution < -0.4 is 4.72 Å².